The lowest BCUT2D eigenvalue weighted by molar-refractivity contribution is -0.384. The molecule has 0 atom stereocenters. The van der Waals surface area contributed by atoms with Gasteiger partial charge in [0.05, 0.1) is 4.92 Å². The molecule has 6 heteroatoms. The molecule has 0 saturated heterocycles. The predicted octanol–water partition coefficient (Wildman–Crippen LogP) is 3.12. The maximum atomic E-state index is 10.9. The number of non-ortho nitro benzene ring substituents is 1. The molecule has 0 spiro atoms. The van der Waals surface area contributed by atoms with Gasteiger partial charge < -0.3 is 10.5 Å². The van der Waals surface area contributed by atoms with E-state index in [4.69, 9.17) is 10.5 Å². The van der Waals surface area contributed by atoms with E-state index in [0.29, 0.717) is 11.1 Å². The van der Waals surface area contributed by atoms with Crippen LogP contribution in [-0.2, 0) is 0 Å². The van der Waals surface area contributed by atoms with Crippen LogP contribution in [0.25, 0.3) is 5.57 Å². The minimum atomic E-state index is -0.976. The van der Waals surface area contributed by atoms with Crippen LogP contribution in [0.4, 0.5) is 10.5 Å². The number of nitrogens with two attached hydrogens (primary N) is 1. The summed E-state index contributed by atoms with van der Waals surface area (Å²) in [5, 5.41) is 10.9. The Morgan fingerprint density at radius 3 is 2.57 bits per heavy atom. The highest BCUT2D eigenvalue weighted by Gasteiger charge is 2.15. The fourth-order valence-corrected chi connectivity index (χ4v) is 1.80. The van der Waals surface area contributed by atoms with Gasteiger partial charge in [0.25, 0.3) is 5.69 Å². The Kier molecular flexibility index (Phi) is 4.30. The van der Waals surface area contributed by atoms with Gasteiger partial charge in [-0.05, 0) is 11.6 Å². The highest BCUT2D eigenvalue weighted by Crippen LogP contribution is 2.31. The molecule has 2 N–H and O–H groups in total. The first kappa shape index (κ1) is 14.3. The number of rotatable bonds is 3. The maximum absolute atomic E-state index is 10.9. The molecule has 106 valence electrons. The lowest BCUT2D eigenvalue weighted by Crippen LogP contribution is -2.17. The number of allylic oxidation sites excluding steroid dienone is 8. The van der Waals surface area contributed by atoms with Crippen molar-refractivity contribution < 1.29 is 14.5 Å². The number of amides is 1. The molecule has 1 aromatic rings. The molecular formula is C15H12N2O4. The summed E-state index contributed by atoms with van der Waals surface area (Å²) in [6.45, 7) is 0. The summed E-state index contributed by atoms with van der Waals surface area (Å²) >= 11 is 0. The van der Waals surface area contributed by atoms with E-state index in [1.807, 2.05) is 18.2 Å². The van der Waals surface area contributed by atoms with Gasteiger partial charge in [-0.2, -0.15) is 0 Å². The first-order valence-corrected chi connectivity index (χ1v) is 6.06. The molecule has 0 saturated carbocycles. The van der Waals surface area contributed by atoms with E-state index in [1.54, 1.807) is 24.3 Å². The Morgan fingerprint density at radius 2 is 1.86 bits per heavy atom. The van der Waals surface area contributed by atoms with Gasteiger partial charge in [-0.15, -0.1) is 0 Å². The molecule has 21 heavy (non-hydrogen) atoms. The smallest absolute Gasteiger partial charge is 0.409 e. The Morgan fingerprint density at radius 1 is 1.14 bits per heavy atom. The lowest BCUT2D eigenvalue weighted by Gasteiger charge is -2.09. The molecule has 0 unspecified atom stereocenters. The van der Waals surface area contributed by atoms with Crippen molar-refractivity contribution in [1.82, 2.24) is 0 Å². The van der Waals surface area contributed by atoms with Crippen molar-refractivity contribution in [3.63, 3.8) is 0 Å². The third-order valence-electron chi connectivity index (χ3n) is 2.69. The topological polar surface area (TPSA) is 95.5 Å². The third-order valence-corrected chi connectivity index (χ3v) is 2.69. The van der Waals surface area contributed by atoms with Gasteiger partial charge in [0.1, 0.15) is 5.75 Å². The van der Waals surface area contributed by atoms with Crippen molar-refractivity contribution in [1.29, 1.82) is 0 Å². The van der Waals surface area contributed by atoms with E-state index in [1.165, 1.54) is 18.2 Å². The second-order valence-corrected chi connectivity index (χ2v) is 4.11. The van der Waals surface area contributed by atoms with Crippen molar-refractivity contribution in [3.8, 4) is 5.75 Å². The number of carbonyl (C=O) groups excluding carboxylic acids is 1. The van der Waals surface area contributed by atoms with Gasteiger partial charge in [-0.3, -0.25) is 10.1 Å². The number of hydrogen-bond acceptors (Lipinski definition) is 4. The van der Waals surface area contributed by atoms with Crippen LogP contribution in [0.3, 0.4) is 0 Å². The molecule has 1 aliphatic carbocycles. The highest BCUT2D eigenvalue weighted by atomic mass is 16.6. The number of nitro groups is 1. The number of hydrogen-bond donors (Lipinski definition) is 1. The molecular weight excluding hydrogens is 272 g/mol. The van der Waals surface area contributed by atoms with Crippen molar-refractivity contribution in [2.45, 2.75) is 0 Å². The predicted molar refractivity (Wildman–Crippen MR) is 78.7 cm³/mol. The van der Waals surface area contributed by atoms with Crippen LogP contribution < -0.4 is 10.5 Å². The molecule has 6 nitrogen and oxygen atoms in total. The normalized spacial score (nSPS) is 20.3. The summed E-state index contributed by atoms with van der Waals surface area (Å²) in [5.41, 5.74) is 6.00. The zero-order valence-corrected chi connectivity index (χ0v) is 10.9. The van der Waals surface area contributed by atoms with E-state index in [-0.39, 0.29) is 11.4 Å². The minimum absolute atomic E-state index is 0.0994. The van der Waals surface area contributed by atoms with Crippen molar-refractivity contribution in [2.75, 3.05) is 0 Å². The summed E-state index contributed by atoms with van der Waals surface area (Å²) in [6, 6.07) is 3.95. The van der Waals surface area contributed by atoms with Gasteiger partial charge in [0, 0.05) is 17.7 Å². The lowest BCUT2D eigenvalue weighted by atomic mass is 10.0. The quantitative estimate of drug-likeness (QED) is 0.681. The summed E-state index contributed by atoms with van der Waals surface area (Å²) in [7, 11) is 0. The Balaban J connectivity index is 2.54. The van der Waals surface area contributed by atoms with Crippen molar-refractivity contribution in [3.05, 3.63) is 76.4 Å². The van der Waals surface area contributed by atoms with E-state index >= 15 is 0 Å². The Bertz CT molecular complexity index is 700. The van der Waals surface area contributed by atoms with Gasteiger partial charge in [-0.1, -0.05) is 42.5 Å². The van der Waals surface area contributed by atoms with Crippen LogP contribution in [0, 0.1) is 10.1 Å². The standard InChI is InChI=1S/C15H12N2O4/c16-15(18)21-14-9-8-12(17(19)20)10-13(14)11-6-4-2-1-3-5-7-11/h1-10H,(H2,16,18)/b2-1-,3-1?,4-2?,5-3-,6-4-,7-5?,11-6?,11-7+. The first-order chi connectivity index (χ1) is 10.1. The molecule has 0 heterocycles. The molecule has 1 amide bonds. The van der Waals surface area contributed by atoms with Gasteiger partial charge in [-0.25, -0.2) is 4.79 Å². The number of carbonyl (C=O) groups is 1. The van der Waals surface area contributed by atoms with Crippen LogP contribution >= 0.6 is 0 Å². The number of primary amides is 1. The fraction of sp³-hybridized carbons (Fsp3) is 0. The number of nitro benzene ring substituents is 1. The number of nitrogens with zero attached hydrogens (tertiary/aromatic N) is 1. The van der Waals surface area contributed by atoms with Crippen molar-refractivity contribution in [2.24, 2.45) is 5.73 Å². The molecule has 0 aliphatic heterocycles. The zero-order chi connectivity index (χ0) is 15.2. The average molecular weight is 284 g/mol. The summed E-state index contributed by atoms with van der Waals surface area (Å²) in [4.78, 5) is 21.3. The average Bonchev–Trinajstić information content (AvgIpc) is 2.38. The third kappa shape index (κ3) is 3.66. The Labute approximate surface area is 120 Å². The number of benzene rings is 1. The van der Waals surface area contributed by atoms with E-state index < -0.39 is 11.0 Å². The van der Waals surface area contributed by atoms with Gasteiger partial charge >= 0.3 is 6.09 Å². The maximum Gasteiger partial charge on any atom is 0.409 e. The second kappa shape index (κ2) is 6.33. The SMILES string of the molecule is NC(=O)Oc1ccc([N+](=O)[O-])cc1C1=C/C=C\C=C/C=C\1. The van der Waals surface area contributed by atoms with E-state index in [0.717, 1.165) is 0 Å². The molecule has 1 aliphatic rings. The molecule has 1 aromatic carbocycles. The summed E-state index contributed by atoms with van der Waals surface area (Å²) < 4.78 is 4.90. The number of ether oxygens (including phenoxy) is 1. The molecule has 0 bridgehead atoms. The van der Waals surface area contributed by atoms with Crippen LogP contribution in [0.15, 0.2) is 60.7 Å². The van der Waals surface area contributed by atoms with Crippen LogP contribution in [0.1, 0.15) is 5.56 Å². The second-order valence-electron chi connectivity index (χ2n) is 4.11. The summed E-state index contributed by atoms with van der Waals surface area (Å²) in [5.74, 6) is 0.168. The molecule has 0 radical (unpaired) electrons. The van der Waals surface area contributed by atoms with Crippen LogP contribution in [0.5, 0.6) is 5.75 Å². The van der Waals surface area contributed by atoms with E-state index in [9.17, 15) is 14.9 Å². The fourth-order valence-electron chi connectivity index (χ4n) is 1.80. The van der Waals surface area contributed by atoms with E-state index in [2.05, 4.69) is 0 Å². The van der Waals surface area contributed by atoms with Gasteiger partial charge in [0.15, 0.2) is 0 Å². The monoisotopic (exact) mass is 284 g/mol. The zero-order valence-electron chi connectivity index (χ0n) is 10.9. The van der Waals surface area contributed by atoms with Crippen LogP contribution in [-0.4, -0.2) is 11.0 Å². The van der Waals surface area contributed by atoms with Crippen LogP contribution in [0.2, 0.25) is 0 Å². The van der Waals surface area contributed by atoms with Gasteiger partial charge in [0.2, 0.25) is 0 Å². The largest absolute Gasteiger partial charge is 0.410 e. The Hall–Kier alpha value is -3.15. The highest BCUT2D eigenvalue weighted by molar-refractivity contribution is 5.82. The molecule has 2 rings (SSSR count). The van der Waals surface area contributed by atoms with Crippen molar-refractivity contribution >= 4 is 17.4 Å². The first-order valence-electron chi connectivity index (χ1n) is 6.06. The molecule has 0 aromatic heterocycles. The molecule has 0 fully saturated rings. The summed E-state index contributed by atoms with van der Waals surface area (Å²) in [6.07, 6.45) is 11.6. The minimum Gasteiger partial charge on any atom is -0.410 e.